The summed E-state index contributed by atoms with van der Waals surface area (Å²) in [6.45, 7) is 7.15. The molecule has 0 aliphatic rings. The molecule has 16 heavy (non-hydrogen) atoms. The molecule has 0 fully saturated rings. The summed E-state index contributed by atoms with van der Waals surface area (Å²) in [6, 6.07) is 8.01. The van der Waals surface area contributed by atoms with Gasteiger partial charge in [-0.1, -0.05) is 12.1 Å². The summed E-state index contributed by atoms with van der Waals surface area (Å²) in [7, 11) is 0. The molecule has 0 saturated heterocycles. The van der Waals surface area contributed by atoms with Gasteiger partial charge in [-0.15, -0.1) is 0 Å². The highest BCUT2D eigenvalue weighted by Gasteiger charge is 2.00. The van der Waals surface area contributed by atoms with Crippen molar-refractivity contribution in [3.8, 4) is 5.75 Å². The lowest BCUT2D eigenvalue weighted by molar-refractivity contribution is 0.191. The van der Waals surface area contributed by atoms with Gasteiger partial charge in [0, 0.05) is 13.1 Å². The monoisotopic (exact) mass is 223 g/mol. The summed E-state index contributed by atoms with van der Waals surface area (Å²) in [5.74, 6) is 0.895. The minimum absolute atomic E-state index is 0.195. The Bertz CT molecular complexity index is 311. The molecule has 1 unspecified atom stereocenters. The first-order valence-corrected chi connectivity index (χ1v) is 5.72. The van der Waals surface area contributed by atoms with Gasteiger partial charge < -0.3 is 15.2 Å². The second kappa shape index (κ2) is 6.51. The highest BCUT2D eigenvalue weighted by molar-refractivity contribution is 5.28. The number of aliphatic hydroxyl groups excluding tert-OH is 1. The number of hydrogen-bond acceptors (Lipinski definition) is 3. The topological polar surface area (TPSA) is 41.5 Å². The molecule has 3 heteroatoms. The van der Waals surface area contributed by atoms with Crippen molar-refractivity contribution < 1.29 is 9.84 Å². The molecule has 1 rings (SSSR count). The van der Waals surface area contributed by atoms with E-state index in [9.17, 15) is 0 Å². The minimum Gasteiger partial charge on any atom is -0.491 e. The van der Waals surface area contributed by atoms with Gasteiger partial charge in [-0.2, -0.15) is 0 Å². The van der Waals surface area contributed by atoms with E-state index >= 15 is 0 Å². The van der Waals surface area contributed by atoms with E-state index in [1.54, 1.807) is 6.92 Å². The van der Waals surface area contributed by atoms with E-state index in [1.807, 2.05) is 38.1 Å². The van der Waals surface area contributed by atoms with Gasteiger partial charge in [0.05, 0.1) is 12.2 Å². The average molecular weight is 223 g/mol. The summed E-state index contributed by atoms with van der Waals surface area (Å²) in [4.78, 5) is 0. The van der Waals surface area contributed by atoms with Gasteiger partial charge in [-0.3, -0.25) is 0 Å². The molecule has 2 N–H and O–H groups in total. The van der Waals surface area contributed by atoms with Gasteiger partial charge in [0.25, 0.3) is 0 Å². The number of rotatable bonds is 6. The Morgan fingerprint density at radius 3 is 2.69 bits per heavy atom. The SMILES string of the molecule is CC(O)CNCc1cccc(OC(C)C)c1. The third-order valence-electron chi connectivity index (χ3n) is 2.04. The quantitative estimate of drug-likeness (QED) is 0.774. The Hall–Kier alpha value is -1.06. The van der Waals surface area contributed by atoms with Gasteiger partial charge >= 0.3 is 0 Å². The normalized spacial score (nSPS) is 12.8. The number of ether oxygens (including phenoxy) is 1. The van der Waals surface area contributed by atoms with Crippen LogP contribution in [0, 0.1) is 0 Å². The van der Waals surface area contributed by atoms with Crippen LogP contribution in [0.15, 0.2) is 24.3 Å². The van der Waals surface area contributed by atoms with E-state index in [-0.39, 0.29) is 12.2 Å². The third kappa shape index (κ3) is 5.14. The van der Waals surface area contributed by atoms with Gasteiger partial charge in [-0.25, -0.2) is 0 Å². The Kier molecular flexibility index (Phi) is 5.29. The molecule has 0 aliphatic carbocycles. The molecular formula is C13H21NO2. The Balaban J connectivity index is 2.47. The first-order valence-electron chi connectivity index (χ1n) is 5.72. The van der Waals surface area contributed by atoms with Crippen LogP contribution in [0.3, 0.4) is 0 Å². The Morgan fingerprint density at radius 2 is 2.06 bits per heavy atom. The zero-order valence-corrected chi connectivity index (χ0v) is 10.2. The predicted octanol–water partition coefficient (Wildman–Crippen LogP) is 1.94. The fourth-order valence-electron chi connectivity index (χ4n) is 1.43. The van der Waals surface area contributed by atoms with Crippen molar-refractivity contribution in [2.75, 3.05) is 6.54 Å². The van der Waals surface area contributed by atoms with Crippen molar-refractivity contribution >= 4 is 0 Å². The maximum absolute atomic E-state index is 9.12. The number of hydrogen-bond donors (Lipinski definition) is 2. The second-order valence-corrected chi connectivity index (χ2v) is 4.29. The van der Waals surface area contributed by atoms with Crippen LogP contribution in [0.1, 0.15) is 26.3 Å². The molecule has 3 nitrogen and oxygen atoms in total. The molecule has 0 saturated carbocycles. The van der Waals surface area contributed by atoms with Crippen molar-refractivity contribution in [3.05, 3.63) is 29.8 Å². The molecular weight excluding hydrogens is 202 g/mol. The molecule has 0 amide bonds. The van der Waals surface area contributed by atoms with Crippen molar-refractivity contribution in [2.24, 2.45) is 0 Å². The maximum Gasteiger partial charge on any atom is 0.120 e. The highest BCUT2D eigenvalue weighted by atomic mass is 16.5. The predicted molar refractivity (Wildman–Crippen MR) is 65.6 cm³/mol. The van der Waals surface area contributed by atoms with Crippen LogP contribution in [0.25, 0.3) is 0 Å². The van der Waals surface area contributed by atoms with E-state index < -0.39 is 0 Å². The maximum atomic E-state index is 9.12. The van der Waals surface area contributed by atoms with Crippen LogP contribution in [0.2, 0.25) is 0 Å². The standard InChI is InChI=1S/C13H21NO2/c1-10(2)16-13-6-4-5-12(7-13)9-14-8-11(3)15/h4-7,10-11,14-15H,8-9H2,1-3H3. The van der Waals surface area contributed by atoms with Gasteiger partial charge in [0.1, 0.15) is 5.75 Å². The van der Waals surface area contributed by atoms with Crippen molar-refractivity contribution in [1.82, 2.24) is 5.32 Å². The fraction of sp³-hybridized carbons (Fsp3) is 0.538. The largest absolute Gasteiger partial charge is 0.491 e. The molecule has 1 aromatic rings. The Morgan fingerprint density at radius 1 is 1.31 bits per heavy atom. The van der Waals surface area contributed by atoms with Crippen LogP contribution in [-0.4, -0.2) is 23.9 Å². The van der Waals surface area contributed by atoms with Gasteiger partial charge in [0.2, 0.25) is 0 Å². The second-order valence-electron chi connectivity index (χ2n) is 4.29. The van der Waals surface area contributed by atoms with Crippen LogP contribution >= 0.6 is 0 Å². The molecule has 0 bridgehead atoms. The summed E-state index contributed by atoms with van der Waals surface area (Å²) >= 11 is 0. The summed E-state index contributed by atoms with van der Waals surface area (Å²) in [5, 5.41) is 12.3. The van der Waals surface area contributed by atoms with E-state index in [2.05, 4.69) is 5.32 Å². The Labute approximate surface area is 97.4 Å². The van der Waals surface area contributed by atoms with E-state index in [0.29, 0.717) is 6.54 Å². The number of nitrogens with one attached hydrogen (secondary N) is 1. The lowest BCUT2D eigenvalue weighted by Gasteiger charge is -2.11. The first-order chi connectivity index (χ1) is 7.58. The van der Waals surface area contributed by atoms with E-state index in [0.717, 1.165) is 12.3 Å². The summed E-state index contributed by atoms with van der Waals surface area (Å²) < 4.78 is 5.61. The highest BCUT2D eigenvalue weighted by Crippen LogP contribution is 2.14. The van der Waals surface area contributed by atoms with Crippen LogP contribution in [0.4, 0.5) is 0 Å². The fourth-order valence-corrected chi connectivity index (χ4v) is 1.43. The molecule has 0 spiro atoms. The van der Waals surface area contributed by atoms with Crippen molar-refractivity contribution in [3.63, 3.8) is 0 Å². The smallest absolute Gasteiger partial charge is 0.120 e. The molecule has 90 valence electrons. The van der Waals surface area contributed by atoms with Crippen LogP contribution in [-0.2, 0) is 6.54 Å². The summed E-state index contributed by atoms with van der Waals surface area (Å²) in [6.07, 6.45) is -0.115. The van der Waals surface area contributed by atoms with Crippen molar-refractivity contribution in [1.29, 1.82) is 0 Å². The zero-order valence-electron chi connectivity index (χ0n) is 10.2. The third-order valence-corrected chi connectivity index (χ3v) is 2.04. The minimum atomic E-state index is -0.310. The lowest BCUT2D eigenvalue weighted by Crippen LogP contribution is -2.23. The molecule has 1 aromatic carbocycles. The van der Waals surface area contributed by atoms with Crippen LogP contribution < -0.4 is 10.1 Å². The van der Waals surface area contributed by atoms with Gasteiger partial charge in [0.15, 0.2) is 0 Å². The number of benzene rings is 1. The molecule has 0 radical (unpaired) electrons. The first kappa shape index (κ1) is 13.0. The van der Waals surface area contributed by atoms with E-state index in [1.165, 1.54) is 5.56 Å². The van der Waals surface area contributed by atoms with Crippen LogP contribution in [0.5, 0.6) is 5.75 Å². The molecule has 0 aliphatic heterocycles. The van der Waals surface area contributed by atoms with Gasteiger partial charge in [-0.05, 0) is 38.5 Å². The average Bonchev–Trinajstić information content (AvgIpc) is 2.16. The zero-order chi connectivity index (χ0) is 12.0. The molecule has 0 aromatic heterocycles. The molecule has 0 heterocycles. The lowest BCUT2D eigenvalue weighted by atomic mass is 10.2. The summed E-state index contributed by atoms with van der Waals surface area (Å²) in [5.41, 5.74) is 1.17. The molecule has 1 atom stereocenters. The number of aliphatic hydroxyl groups is 1. The van der Waals surface area contributed by atoms with E-state index in [4.69, 9.17) is 9.84 Å². The van der Waals surface area contributed by atoms with Crippen molar-refractivity contribution in [2.45, 2.75) is 39.5 Å².